The van der Waals surface area contributed by atoms with Gasteiger partial charge >= 0.3 is 0 Å². The van der Waals surface area contributed by atoms with E-state index in [-0.39, 0.29) is 0 Å². The zero-order chi connectivity index (χ0) is 14.2. The van der Waals surface area contributed by atoms with Crippen LogP contribution in [0.15, 0.2) is 42.9 Å². The van der Waals surface area contributed by atoms with Crippen molar-refractivity contribution in [2.75, 3.05) is 11.0 Å². The molecular formula is C13H12N4O2S. The molecule has 0 fully saturated rings. The van der Waals surface area contributed by atoms with Gasteiger partial charge < -0.3 is 4.98 Å². The van der Waals surface area contributed by atoms with Crippen LogP contribution in [0.3, 0.4) is 0 Å². The van der Waals surface area contributed by atoms with Crippen LogP contribution in [0.1, 0.15) is 0 Å². The van der Waals surface area contributed by atoms with Crippen LogP contribution in [0.4, 0.5) is 5.82 Å². The number of rotatable bonds is 3. The van der Waals surface area contributed by atoms with Crippen molar-refractivity contribution >= 4 is 26.9 Å². The Hall–Kier alpha value is -2.41. The van der Waals surface area contributed by atoms with Crippen LogP contribution in [0, 0.1) is 0 Å². The number of nitrogens with zero attached hydrogens (tertiary/aromatic N) is 2. The number of anilines is 1. The van der Waals surface area contributed by atoms with E-state index in [4.69, 9.17) is 0 Å². The highest BCUT2D eigenvalue weighted by Gasteiger charge is 2.07. The molecule has 0 aliphatic heterocycles. The number of sulfonamides is 1. The lowest BCUT2D eigenvalue weighted by Gasteiger charge is -2.05. The summed E-state index contributed by atoms with van der Waals surface area (Å²) in [5, 5.41) is 0.998. The number of aromatic nitrogens is 3. The highest BCUT2D eigenvalue weighted by Crippen LogP contribution is 2.26. The average molecular weight is 288 g/mol. The maximum atomic E-state index is 11.1. The Morgan fingerprint density at radius 3 is 2.70 bits per heavy atom. The second kappa shape index (κ2) is 4.61. The first-order valence-corrected chi connectivity index (χ1v) is 7.78. The summed E-state index contributed by atoms with van der Waals surface area (Å²) in [5.74, 6) is 0.301. The Morgan fingerprint density at radius 1 is 1.15 bits per heavy atom. The van der Waals surface area contributed by atoms with E-state index in [0.717, 1.165) is 28.4 Å². The number of pyridine rings is 2. The Kier molecular flexibility index (Phi) is 2.90. The van der Waals surface area contributed by atoms with Crippen molar-refractivity contribution in [1.29, 1.82) is 0 Å². The molecule has 0 unspecified atom stereocenters. The molecule has 6 nitrogen and oxygen atoms in total. The molecule has 7 heteroatoms. The smallest absolute Gasteiger partial charge is 0.230 e. The summed E-state index contributed by atoms with van der Waals surface area (Å²) in [4.78, 5) is 11.4. The molecule has 0 radical (unpaired) electrons. The van der Waals surface area contributed by atoms with Gasteiger partial charge in [-0.05, 0) is 29.8 Å². The van der Waals surface area contributed by atoms with Gasteiger partial charge in [0.05, 0.1) is 6.26 Å². The van der Waals surface area contributed by atoms with E-state index >= 15 is 0 Å². The molecule has 0 saturated carbocycles. The van der Waals surface area contributed by atoms with Gasteiger partial charge in [0.15, 0.2) is 0 Å². The van der Waals surface area contributed by atoms with Crippen molar-refractivity contribution < 1.29 is 8.42 Å². The Bertz CT molecular complexity index is 853. The van der Waals surface area contributed by atoms with E-state index in [1.165, 1.54) is 0 Å². The standard InChI is InChI=1S/C13H12N4O2S/c1-20(18,19)17-12-3-2-9(8-16-12)10-4-6-14-13-11(10)5-7-15-13/h2-8H,1H3,(H,14,15)(H,16,17). The molecule has 3 rings (SSSR count). The largest absolute Gasteiger partial charge is 0.346 e. The fraction of sp³-hybridized carbons (Fsp3) is 0.0769. The quantitative estimate of drug-likeness (QED) is 0.771. The molecule has 0 bridgehead atoms. The molecule has 20 heavy (non-hydrogen) atoms. The maximum absolute atomic E-state index is 11.1. The summed E-state index contributed by atoms with van der Waals surface area (Å²) < 4.78 is 24.6. The highest BCUT2D eigenvalue weighted by atomic mass is 32.2. The van der Waals surface area contributed by atoms with Crippen LogP contribution in [-0.2, 0) is 10.0 Å². The highest BCUT2D eigenvalue weighted by molar-refractivity contribution is 7.92. The van der Waals surface area contributed by atoms with Gasteiger partial charge in [-0.25, -0.2) is 18.4 Å². The lowest BCUT2D eigenvalue weighted by Crippen LogP contribution is -2.10. The third kappa shape index (κ3) is 2.48. The lowest BCUT2D eigenvalue weighted by molar-refractivity contribution is 0.606. The van der Waals surface area contributed by atoms with Crippen molar-refractivity contribution in [3.8, 4) is 11.1 Å². The van der Waals surface area contributed by atoms with Crippen molar-refractivity contribution in [2.45, 2.75) is 0 Å². The number of fused-ring (bicyclic) bond motifs is 1. The van der Waals surface area contributed by atoms with Gasteiger partial charge in [0.2, 0.25) is 10.0 Å². The predicted octanol–water partition coefficient (Wildman–Crippen LogP) is 2.00. The molecule has 3 aromatic rings. The first kappa shape index (κ1) is 12.6. The minimum atomic E-state index is -3.31. The van der Waals surface area contributed by atoms with Gasteiger partial charge in [-0.1, -0.05) is 0 Å². The molecule has 3 aromatic heterocycles. The molecule has 0 amide bonds. The van der Waals surface area contributed by atoms with Crippen molar-refractivity contribution in [3.63, 3.8) is 0 Å². The molecule has 102 valence electrons. The van der Waals surface area contributed by atoms with Crippen LogP contribution in [-0.4, -0.2) is 29.6 Å². The van der Waals surface area contributed by atoms with Crippen molar-refractivity contribution in [2.24, 2.45) is 0 Å². The van der Waals surface area contributed by atoms with E-state index in [9.17, 15) is 8.42 Å². The van der Waals surface area contributed by atoms with E-state index in [1.54, 1.807) is 18.5 Å². The van der Waals surface area contributed by atoms with Crippen LogP contribution in [0.2, 0.25) is 0 Å². The van der Waals surface area contributed by atoms with Gasteiger partial charge in [0, 0.05) is 29.5 Å². The maximum Gasteiger partial charge on any atom is 0.230 e. The first-order chi connectivity index (χ1) is 9.53. The molecule has 0 saturated heterocycles. The van der Waals surface area contributed by atoms with E-state index in [0.29, 0.717) is 5.82 Å². The molecule has 0 aliphatic rings. The summed E-state index contributed by atoms with van der Waals surface area (Å²) in [6.07, 6.45) is 6.27. The minimum Gasteiger partial charge on any atom is -0.346 e. The van der Waals surface area contributed by atoms with Gasteiger partial charge in [-0.3, -0.25) is 4.72 Å². The van der Waals surface area contributed by atoms with Gasteiger partial charge in [0.25, 0.3) is 0 Å². The molecule has 3 heterocycles. The van der Waals surface area contributed by atoms with Gasteiger partial charge in [0.1, 0.15) is 11.5 Å². The molecule has 0 atom stereocenters. The minimum absolute atomic E-state index is 0.301. The fourth-order valence-electron chi connectivity index (χ4n) is 2.02. The summed E-state index contributed by atoms with van der Waals surface area (Å²) in [7, 11) is -3.31. The molecule has 0 spiro atoms. The van der Waals surface area contributed by atoms with Crippen LogP contribution < -0.4 is 4.72 Å². The zero-order valence-corrected chi connectivity index (χ0v) is 11.5. The summed E-state index contributed by atoms with van der Waals surface area (Å²) >= 11 is 0. The zero-order valence-electron chi connectivity index (χ0n) is 10.7. The molecular weight excluding hydrogens is 276 g/mol. The Labute approximate surface area is 115 Å². The fourth-order valence-corrected chi connectivity index (χ4v) is 2.52. The number of H-pyrrole nitrogens is 1. The topological polar surface area (TPSA) is 87.7 Å². The Morgan fingerprint density at radius 2 is 2.00 bits per heavy atom. The molecule has 0 aromatic carbocycles. The third-order valence-electron chi connectivity index (χ3n) is 2.82. The predicted molar refractivity (Wildman–Crippen MR) is 77.8 cm³/mol. The van der Waals surface area contributed by atoms with Crippen LogP contribution in [0.25, 0.3) is 22.2 Å². The summed E-state index contributed by atoms with van der Waals surface area (Å²) in [5.41, 5.74) is 2.70. The van der Waals surface area contributed by atoms with Crippen LogP contribution >= 0.6 is 0 Å². The summed E-state index contributed by atoms with van der Waals surface area (Å²) in [6.45, 7) is 0. The third-order valence-corrected chi connectivity index (χ3v) is 3.40. The number of hydrogen-bond donors (Lipinski definition) is 2. The van der Waals surface area contributed by atoms with Crippen LogP contribution in [0.5, 0.6) is 0 Å². The van der Waals surface area contributed by atoms with Crippen molar-refractivity contribution in [1.82, 2.24) is 15.0 Å². The monoisotopic (exact) mass is 288 g/mol. The lowest BCUT2D eigenvalue weighted by atomic mass is 10.1. The van der Waals surface area contributed by atoms with E-state index in [1.807, 2.05) is 24.4 Å². The van der Waals surface area contributed by atoms with Gasteiger partial charge in [-0.15, -0.1) is 0 Å². The molecule has 2 N–H and O–H groups in total. The van der Waals surface area contributed by atoms with E-state index < -0.39 is 10.0 Å². The Balaban J connectivity index is 2.01. The second-order valence-corrected chi connectivity index (χ2v) is 6.15. The number of hydrogen-bond acceptors (Lipinski definition) is 4. The van der Waals surface area contributed by atoms with Crippen molar-refractivity contribution in [3.05, 3.63) is 42.9 Å². The number of aromatic amines is 1. The second-order valence-electron chi connectivity index (χ2n) is 4.40. The normalized spacial score (nSPS) is 11.7. The van der Waals surface area contributed by atoms with Gasteiger partial charge in [-0.2, -0.15) is 0 Å². The molecule has 0 aliphatic carbocycles. The SMILES string of the molecule is CS(=O)(=O)Nc1ccc(-c2ccnc3[nH]ccc23)cn1. The average Bonchev–Trinajstić information content (AvgIpc) is 2.86. The summed E-state index contributed by atoms with van der Waals surface area (Å²) in [6, 6.07) is 7.30. The van der Waals surface area contributed by atoms with E-state index in [2.05, 4.69) is 19.7 Å². The first-order valence-electron chi connectivity index (χ1n) is 5.89. The number of nitrogens with one attached hydrogen (secondary N) is 2.